The van der Waals surface area contributed by atoms with Crippen LogP contribution >= 0.6 is 23.1 Å². The van der Waals surface area contributed by atoms with Crippen LogP contribution in [0.2, 0.25) is 0 Å². The van der Waals surface area contributed by atoms with Crippen molar-refractivity contribution >= 4 is 39.8 Å². The Labute approximate surface area is 111 Å². The summed E-state index contributed by atoms with van der Waals surface area (Å²) in [7, 11) is 0. The van der Waals surface area contributed by atoms with Gasteiger partial charge in [0.25, 0.3) is 0 Å². The number of thiazole rings is 1. The third kappa shape index (κ3) is 3.71. The quantitative estimate of drug-likeness (QED) is 0.846. The molecule has 0 aliphatic rings. The van der Waals surface area contributed by atoms with E-state index in [0.717, 1.165) is 4.21 Å². The van der Waals surface area contributed by atoms with E-state index < -0.39 is 0 Å². The summed E-state index contributed by atoms with van der Waals surface area (Å²) >= 11 is 2.70. The summed E-state index contributed by atoms with van der Waals surface area (Å²) in [6.07, 6.45) is 1.63. The average molecular weight is 283 g/mol. The van der Waals surface area contributed by atoms with Crippen LogP contribution in [0.5, 0.6) is 0 Å². The number of nitrogens with two attached hydrogens (primary N) is 1. The van der Waals surface area contributed by atoms with Gasteiger partial charge < -0.3 is 11.1 Å². The predicted octanol–water partition coefficient (Wildman–Crippen LogP) is 2.60. The van der Waals surface area contributed by atoms with Gasteiger partial charge in [-0.2, -0.15) is 0 Å². The molecule has 0 aliphatic heterocycles. The summed E-state index contributed by atoms with van der Waals surface area (Å²) in [5.41, 5.74) is 6.06. The second kappa shape index (κ2) is 5.83. The van der Waals surface area contributed by atoms with Crippen molar-refractivity contribution in [2.45, 2.75) is 4.21 Å². The molecule has 0 fully saturated rings. The van der Waals surface area contributed by atoms with E-state index in [9.17, 15) is 9.18 Å². The zero-order valence-electron chi connectivity index (χ0n) is 9.22. The summed E-state index contributed by atoms with van der Waals surface area (Å²) < 4.78 is 13.6. The predicted molar refractivity (Wildman–Crippen MR) is 72.3 cm³/mol. The minimum Gasteiger partial charge on any atom is -0.375 e. The van der Waals surface area contributed by atoms with Crippen LogP contribution in [0.15, 0.2) is 34.7 Å². The number of thioether (sulfide) groups is 1. The van der Waals surface area contributed by atoms with Gasteiger partial charge in [-0.3, -0.25) is 4.79 Å². The summed E-state index contributed by atoms with van der Waals surface area (Å²) in [6.45, 7) is 0. The molecule has 1 amide bonds. The second-order valence-electron chi connectivity index (χ2n) is 3.36. The van der Waals surface area contributed by atoms with Gasteiger partial charge in [0.1, 0.15) is 5.82 Å². The molecule has 3 N–H and O–H groups in total. The van der Waals surface area contributed by atoms with Crippen LogP contribution in [-0.2, 0) is 4.79 Å². The highest BCUT2D eigenvalue weighted by atomic mass is 32.2. The molecule has 0 bridgehead atoms. The SMILES string of the molecule is Nc1ncc(SCC(=O)Nc2ccc(F)cc2)s1. The van der Waals surface area contributed by atoms with Crippen LogP contribution in [-0.4, -0.2) is 16.6 Å². The van der Waals surface area contributed by atoms with Crippen molar-refractivity contribution in [2.24, 2.45) is 0 Å². The molecule has 0 unspecified atom stereocenters. The molecule has 1 aromatic carbocycles. The Morgan fingerprint density at radius 2 is 2.17 bits per heavy atom. The largest absolute Gasteiger partial charge is 0.375 e. The molecule has 0 atom stereocenters. The number of anilines is 2. The van der Waals surface area contributed by atoms with Gasteiger partial charge in [0, 0.05) is 5.69 Å². The first-order valence-corrected chi connectivity index (χ1v) is 6.83. The third-order valence-corrected chi connectivity index (χ3v) is 4.00. The molecule has 2 aromatic rings. The number of nitrogens with one attached hydrogen (secondary N) is 1. The molecular weight excluding hydrogens is 273 g/mol. The van der Waals surface area contributed by atoms with E-state index in [-0.39, 0.29) is 17.5 Å². The monoisotopic (exact) mass is 283 g/mol. The highest BCUT2D eigenvalue weighted by molar-refractivity contribution is 8.01. The van der Waals surface area contributed by atoms with Gasteiger partial charge in [-0.15, -0.1) is 11.8 Å². The molecule has 2 rings (SSSR count). The molecule has 7 heteroatoms. The summed E-state index contributed by atoms with van der Waals surface area (Å²) in [5.74, 6) is -0.222. The second-order valence-corrected chi connectivity index (χ2v) is 5.70. The number of amides is 1. The minimum absolute atomic E-state index is 0.154. The van der Waals surface area contributed by atoms with E-state index in [1.54, 1.807) is 6.20 Å². The van der Waals surface area contributed by atoms with Crippen molar-refractivity contribution in [1.82, 2.24) is 4.98 Å². The van der Waals surface area contributed by atoms with E-state index in [0.29, 0.717) is 10.8 Å². The molecule has 0 aliphatic carbocycles. The molecule has 18 heavy (non-hydrogen) atoms. The zero-order chi connectivity index (χ0) is 13.0. The normalized spacial score (nSPS) is 10.3. The summed E-state index contributed by atoms with van der Waals surface area (Å²) in [5, 5.41) is 3.16. The zero-order valence-corrected chi connectivity index (χ0v) is 10.9. The molecule has 94 valence electrons. The standard InChI is InChI=1S/C11H10FN3OS2/c12-7-1-3-8(4-2-7)15-9(16)6-17-10-5-14-11(13)18-10/h1-5H,6H2,(H2,13,14)(H,15,16). The number of nitrogens with zero attached hydrogens (tertiary/aromatic N) is 1. The fraction of sp³-hybridized carbons (Fsp3) is 0.0909. The molecule has 1 aromatic heterocycles. The average Bonchev–Trinajstić information content (AvgIpc) is 2.76. The lowest BCUT2D eigenvalue weighted by Crippen LogP contribution is -2.13. The molecule has 0 saturated heterocycles. The molecule has 4 nitrogen and oxygen atoms in total. The van der Waals surface area contributed by atoms with E-state index in [4.69, 9.17) is 5.73 Å². The first-order valence-electron chi connectivity index (χ1n) is 5.03. The van der Waals surface area contributed by atoms with E-state index in [2.05, 4.69) is 10.3 Å². The van der Waals surface area contributed by atoms with Gasteiger partial charge in [-0.05, 0) is 24.3 Å². The number of carbonyl (C=O) groups excluding carboxylic acids is 1. The lowest BCUT2D eigenvalue weighted by Gasteiger charge is -2.03. The Bertz CT molecular complexity index is 541. The van der Waals surface area contributed by atoms with Crippen molar-refractivity contribution in [3.8, 4) is 0 Å². The summed E-state index contributed by atoms with van der Waals surface area (Å²) in [6, 6.07) is 5.63. The molecule has 0 radical (unpaired) electrons. The molecule has 0 saturated carbocycles. The smallest absolute Gasteiger partial charge is 0.234 e. The Balaban J connectivity index is 1.83. The van der Waals surface area contributed by atoms with Crippen molar-refractivity contribution < 1.29 is 9.18 Å². The lowest BCUT2D eigenvalue weighted by molar-refractivity contribution is -0.113. The van der Waals surface area contributed by atoms with E-state index in [1.165, 1.54) is 47.4 Å². The Kier molecular flexibility index (Phi) is 4.16. The van der Waals surface area contributed by atoms with E-state index >= 15 is 0 Å². The Hall–Kier alpha value is -1.60. The third-order valence-electron chi connectivity index (χ3n) is 1.98. The number of hydrogen-bond donors (Lipinski definition) is 2. The van der Waals surface area contributed by atoms with Crippen molar-refractivity contribution in [2.75, 3.05) is 16.8 Å². The topological polar surface area (TPSA) is 68.0 Å². The number of carbonyl (C=O) groups is 1. The van der Waals surface area contributed by atoms with Crippen LogP contribution in [0, 0.1) is 5.82 Å². The molecule has 0 spiro atoms. The highest BCUT2D eigenvalue weighted by Gasteiger charge is 2.05. The van der Waals surface area contributed by atoms with Gasteiger partial charge in [-0.1, -0.05) is 11.3 Å². The number of benzene rings is 1. The van der Waals surface area contributed by atoms with E-state index in [1.807, 2.05) is 0 Å². The van der Waals surface area contributed by atoms with Gasteiger partial charge in [0.05, 0.1) is 16.2 Å². The van der Waals surface area contributed by atoms with Crippen molar-refractivity contribution in [1.29, 1.82) is 0 Å². The fourth-order valence-electron chi connectivity index (χ4n) is 1.21. The number of nitrogen functional groups attached to an aromatic ring is 1. The molecule has 1 heterocycles. The highest BCUT2D eigenvalue weighted by Crippen LogP contribution is 2.26. The maximum absolute atomic E-state index is 12.7. The first kappa shape index (κ1) is 12.8. The number of halogens is 1. The first-order chi connectivity index (χ1) is 8.63. The maximum atomic E-state index is 12.7. The fourth-order valence-corrected chi connectivity index (χ4v) is 2.76. The van der Waals surface area contributed by atoms with Crippen LogP contribution in [0.1, 0.15) is 0 Å². The molecular formula is C11H10FN3OS2. The summed E-state index contributed by atoms with van der Waals surface area (Å²) in [4.78, 5) is 15.5. The Morgan fingerprint density at radius 1 is 1.44 bits per heavy atom. The Morgan fingerprint density at radius 3 is 2.78 bits per heavy atom. The maximum Gasteiger partial charge on any atom is 0.234 e. The number of aromatic nitrogens is 1. The van der Waals surface area contributed by atoms with Crippen molar-refractivity contribution in [3.63, 3.8) is 0 Å². The van der Waals surface area contributed by atoms with Crippen molar-refractivity contribution in [3.05, 3.63) is 36.3 Å². The number of rotatable bonds is 4. The van der Waals surface area contributed by atoms with Gasteiger partial charge in [-0.25, -0.2) is 9.37 Å². The van der Waals surface area contributed by atoms with Gasteiger partial charge in [0.15, 0.2) is 5.13 Å². The van der Waals surface area contributed by atoms with Crippen LogP contribution in [0.3, 0.4) is 0 Å². The van der Waals surface area contributed by atoms with Crippen LogP contribution < -0.4 is 11.1 Å². The minimum atomic E-state index is -0.331. The van der Waals surface area contributed by atoms with Gasteiger partial charge >= 0.3 is 0 Å². The van der Waals surface area contributed by atoms with Crippen LogP contribution in [0.4, 0.5) is 15.2 Å². The van der Waals surface area contributed by atoms with Crippen LogP contribution in [0.25, 0.3) is 0 Å². The lowest BCUT2D eigenvalue weighted by atomic mass is 10.3. The van der Waals surface area contributed by atoms with Gasteiger partial charge in [0.2, 0.25) is 5.91 Å². The number of hydrogen-bond acceptors (Lipinski definition) is 5.